The van der Waals surface area contributed by atoms with Crippen LogP contribution in [0, 0.1) is 26.2 Å². The van der Waals surface area contributed by atoms with Crippen molar-refractivity contribution in [1.29, 1.82) is 0 Å². The summed E-state index contributed by atoms with van der Waals surface area (Å²) in [7, 11) is 0.697. The highest BCUT2D eigenvalue weighted by Gasteiger charge is 2.30. The van der Waals surface area contributed by atoms with Gasteiger partial charge >= 0.3 is 0 Å². The lowest BCUT2D eigenvalue weighted by molar-refractivity contribution is -0.643. The van der Waals surface area contributed by atoms with Crippen molar-refractivity contribution in [2.24, 2.45) is 12.5 Å². The molecule has 3 heteroatoms. The van der Waals surface area contributed by atoms with Gasteiger partial charge in [0.1, 0.15) is 7.05 Å². The number of rotatable bonds is 2. The van der Waals surface area contributed by atoms with Crippen LogP contribution < -0.4 is 9.75 Å². The lowest BCUT2D eigenvalue weighted by Crippen LogP contribution is -2.45. The molecule has 3 aromatic carbocycles. The lowest BCUT2D eigenvalue weighted by atomic mass is 9.88. The summed E-state index contributed by atoms with van der Waals surface area (Å²) in [5.74, 6) is 0. The van der Waals surface area contributed by atoms with Gasteiger partial charge in [0, 0.05) is 16.0 Å². The normalized spacial score (nSPS) is 13.4. The van der Waals surface area contributed by atoms with Crippen LogP contribution in [0.15, 0.2) is 42.6 Å². The molecule has 0 amide bonds. The predicted octanol–water partition coefficient (Wildman–Crippen LogP) is 7.87. The van der Waals surface area contributed by atoms with E-state index in [0.29, 0.717) is 0 Å². The zero-order valence-corrected chi connectivity index (χ0v) is 24.6. The number of pyridine rings is 2. The molecule has 0 aliphatic rings. The second kappa shape index (κ2) is 7.32. The fourth-order valence-electron chi connectivity index (χ4n) is 6.63. The van der Waals surface area contributed by atoms with E-state index >= 15 is 0 Å². The Kier molecular flexibility index (Phi) is 4.77. The Labute approximate surface area is 215 Å². The molecular formula is C33H39N2Si+. The minimum atomic E-state index is -1.56. The number of aryl methyl sites for hydroxylation is 4. The highest BCUT2D eigenvalue weighted by atomic mass is 28.3. The molecule has 0 radical (unpaired) electrons. The maximum Gasteiger partial charge on any atom is 0.224 e. The topological polar surface area (TPSA) is 8.29 Å². The summed E-state index contributed by atoms with van der Waals surface area (Å²) in [5, 5.41) is 8.58. The maximum atomic E-state index is 2.60. The Hall–Kier alpha value is -2.91. The van der Waals surface area contributed by atoms with Crippen molar-refractivity contribution in [1.82, 2.24) is 4.40 Å². The van der Waals surface area contributed by atoms with Crippen molar-refractivity contribution < 1.29 is 4.57 Å². The van der Waals surface area contributed by atoms with Crippen LogP contribution in [0.1, 0.15) is 43.0 Å². The Bertz CT molecular complexity index is 1860. The quantitative estimate of drug-likeness (QED) is 0.101. The zero-order chi connectivity index (χ0) is 25.9. The van der Waals surface area contributed by atoms with Crippen LogP contribution in [0.2, 0.25) is 19.6 Å². The van der Waals surface area contributed by atoms with Gasteiger partial charge in [0.2, 0.25) is 5.52 Å². The zero-order valence-electron chi connectivity index (χ0n) is 23.6. The third-order valence-electron chi connectivity index (χ3n) is 8.21. The van der Waals surface area contributed by atoms with Crippen molar-refractivity contribution in [3.63, 3.8) is 0 Å². The summed E-state index contributed by atoms with van der Waals surface area (Å²) in [6.45, 7) is 21.3. The van der Waals surface area contributed by atoms with Gasteiger partial charge in [-0.05, 0) is 72.4 Å². The SMILES string of the molecule is Cc1cc(C)c2c(c1C)c1c3c(ccc4c5cc(CC(C)(C)C)ccc5n2c43)c([Si](C)(C)C)c[n+]1C. The summed E-state index contributed by atoms with van der Waals surface area (Å²) in [6.07, 6.45) is 3.52. The van der Waals surface area contributed by atoms with Crippen molar-refractivity contribution in [3.05, 3.63) is 64.8 Å². The molecule has 0 fully saturated rings. The molecular weight excluding hydrogens is 452 g/mol. The maximum absolute atomic E-state index is 2.60. The predicted molar refractivity (Wildman–Crippen MR) is 160 cm³/mol. The number of hydrogen-bond donors (Lipinski definition) is 0. The van der Waals surface area contributed by atoms with Crippen molar-refractivity contribution in [2.75, 3.05) is 0 Å². The number of benzene rings is 3. The Morgan fingerprint density at radius 3 is 2.17 bits per heavy atom. The van der Waals surface area contributed by atoms with Gasteiger partial charge in [-0.2, -0.15) is 0 Å². The molecule has 0 saturated heterocycles. The molecule has 36 heavy (non-hydrogen) atoms. The fourth-order valence-corrected chi connectivity index (χ4v) is 8.23. The van der Waals surface area contributed by atoms with Crippen LogP contribution in [0.25, 0.3) is 49.0 Å². The van der Waals surface area contributed by atoms with Crippen LogP contribution in [-0.2, 0) is 13.5 Å². The largest absolute Gasteiger partial charge is 0.307 e. The Morgan fingerprint density at radius 2 is 1.50 bits per heavy atom. The molecule has 0 bridgehead atoms. The molecule has 3 heterocycles. The summed E-state index contributed by atoms with van der Waals surface area (Å²) in [4.78, 5) is 0. The van der Waals surface area contributed by atoms with E-state index in [-0.39, 0.29) is 5.41 Å². The Balaban J connectivity index is 1.96. The van der Waals surface area contributed by atoms with E-state index in [9.17, 15) is 0 Å². The van der Waals surface area contributed by atoms with Crippen molar-refractivity contribution in [2.45, 2.75) is 67.6 Å². The van der Waals surface area contributed by atoms with E-state index in [1.165, 1.54) is 71.3 Å². The van der Waals surface area contributed by atoms with Crippen LogP contribution >= 0.6 is 0 Å². The third-order valence-corrected chi connectivity index (χ3v) is 10.2. The summed E-state index contributed by atoms with van der Waals surface area (Å²) >= 11 is 0. The highest BCUT2D eigenvalue weighted by Crippen LogP contribution is 2.42. The molecule has 0 aliphatic heterocycles. The first-order chi connectivity index (χ1) is 16.8. The van der Waals surface area contributed by atoms with Crippen LogP contribution in [-0.4, -0.2) is 12.5 Å². The molecule has 184 valence electrons. The first-order valence-corrected chi connectivity index (χ1v) is 16.8. The minimum Gasteiger partial charge on any atom is -0.307 e. The van der Waals surface area contributed by atoms with Gasteiger partial charge in [0.05, 0.1) is 35.4 Å². The van der Waals surface area contributed by atoms with Crippen LogP contribution in [0.3, 0.4) is 0 Å². The van der Waals surface area contributed by atoms with E-state index in [0.717, 1.165) is 6.42 Å². The average molecular weight is 492 g/mol. The number of hydrogen-bond acceptors (Lipinski definition) is 0. The molecule has 0 saturated carbocycles. The first kappa shape index (κ1) is 23.5. The van der Waals surface area contributed by atoms with Crippen LogP contribution in [0.5, 0.6) is 0 Å². The summed E-state index contributed by atoms with van der Waals surface area (Å²) in [6, 6.07) is 14.4. The molecule has 6 aromatic rings. The second-order valence-corrected chi connectivity index (χ2v) is 18.5. The first-order valence-electron chi connectivity index (χ1n) is 13.3. The van der Waals surface area contributed by atoms with Crippen molar-refractivity contribution >= 4 is 62.3 Å². The molecule has 2 nitrogen and oxygen atoms in total. The second-order valence-electron chi connectivity index (χ2n) is 13.4. The number of fused-ring (bicyclic) bond motifs is 6. The smallest absolute Gasteiger partial charge is 0.224 e. The molecule has 0 unspecified atom stereocenters. The van der Waals surface area contributed by atoms with Gasteiger partial charge in [0.15, 0.2) is 6.20 Å². The minimum absolute atomic E-state index is 0.262. The number of nitrogens with zero attached hydrogens (tertiary/aromatic N) is 2. The standard InChI is InChI=1S/C33H39N2Si/c1-19-15-20(2)30-28(21(19)3)32-29-24(27(18-34(32)7)36(8,9)10)13-12-23-25-16-22(17-33(4,5)6)11-14-26(25)35(30)31(23)29/h11-16,18H,17H2,1-10H3/q+1. The van der Waals surface area contributed by atoms with Crippen molar-refractivity contribution in [3.8, 4) is 0 Å². The van der Waals surface area contributed by atoms with Gasteiger partial charge in [-0.3, -0.25) is 0 Å². The van der Waals surface area contributed by atoms with E-state index in [2.05, 4.69) is 120 Å². The van der Waals surface area contributed by atoms with Gasteiger partial charge in [-0.25, -0.2) is 4.57 Å². The summed E-state index contributed by atoms with van der Waals surface area (Å²) < 4.78 is 5.04. The van der Waals surface area contributed by atoms with Gasteiger partial charge in [-0.1, -0.05) is 64.7 Å². The average Bonchev–Trinajstić information content (AvgIpc) is 3.09. The summed E-state index contributed by atoms with van der Waals surface area (Å²) in [5.41, 5.74) is 11.2. The lowest BCUT2D eigenvalue weighted by Gasteiger charge is -2.21. The Morgan fingerprint density at radius 1 is 0.806 bits per heavy atom. The van der Waals surface area contributed by atoms with Gasteiger partial charge in [0.25, 0.3) is 0 Å². The van der Waals surface area contributed by atoms with Gasteiger partial charge < -0.3 is 4.40 Å². The van der Waals surface area contributed by atoms with E-state index < -0.39 is 8.07 Å². The monoisotopic (exact) mass is 491 g/mol. The van der Waals surface area contributed by atoms with Crippen LogP contribution in [0.4, 0.5) is 0 Å². The highest BCUT2D eigenvalue weighted by molar-refractivity contribution is 6.90. The van der Waals surface area contributed by atoms with Gasteiger partial charge in [-0.15, -0.1) is 0 Å². The molecule has 0 N–H and O–H groups in total. The molecule has 0 aliphatic carbocycles. The molecule has 6 rings (SSSR count). The third kappa shape index (κ3) is 3.18. The molecule has 0 atom stereocenters. The number of aromatic nitrogens is 2. The fraction of sp³-hybridized carbons (Fsp3) is 0.364. The van der Waals surface area contributed by atoms with E-state index in [1.54, 1.807) is 5.19 Å². The van der Waals surface area contributed by atoms with E-state index in [1.807, 2.05) is 0 Å². The molecule has 3 aromatic heterocycles. The van der Waals surface area contributed by atoms with E-state index in [4.69, 9.17) is 0 Å². The molecule has 0 spiro atoms.